The molecule has 0 spiro atoms. The molecule has 0 saturated heterocycles. The molecule has 2 aromatic rings. The summed E-state index contributed by atoms with van der Waals surface area (Å²) in [5, 5.41) is 14.0. The third-order valence-corrected chi connectivity index (χ3v) is 3.00. The van der Waals surface area contributed by atoms with E-state index >= 15 is 0 Å². The largest absolute Gasteiger partial charge is 0.355 e. The van der Waals surface area contributed by atoms with E-state index in [1.165, 1.54) is 11.6 Å². The number of nitro groups is 1. The van der Waals surface area contributed by atoms with Gasteiger partial charge >= 0.3 is 0 Å². The molecule has 0 radical (unpaired) electrons. The zero-order chi connectivity index (χ0) is 14.0. The lowest BCUT2D eigenvalue weighted by atomic mass is 10.0. The first-order chi connectivity index (χ1) is 8.97. The second-order valence-corrected chi connectivity index (χ2v) is 4.71. The van der Waals surface area contributed by atoms with Gasteiger partial charge in [-0.05, 0) is 38.0 Å². The van der Waals surface area contributed by atoms with Crippen molar-refractivity contribution in [1.82, 2.24) is 0 Å². The molecule has 0 atom stereocenters. The van der Waals surface area contributed by atoms with Gasteiger partial charge in [-0.25, -0.2) is 0 Å². The van der Waals surface area contributed by atoms with Gasteiger partial charge in [0, 0.05) is 23.5 Å². The summed E-state index contributed by atoms with van der Waals surface area (Å²) in [4.78, 5) is 10.4. The summed E-state index contributed by atoms with van der Waals surface area (Å²) in [6.07, 6.45) is 0. The second kappa shape index (κ2) is 5.10. The van der Waals surface area contributed by atoms with Gasteiger partial charge in [0.15, 0.2) is 0 Å². The number of nitrogens with one attached hydrogen (secondary N) is 1. The van der Waals surface area contributed by atoms with Gasteiger partial charge in [-0.15, -0.1) is 0 Å². The Labute approximate surface area is 112 Å². The van der Waals surface area contributed by atoms with Crippen molar-refractivity contribution < 1.29 is 4.92 Å². The van der Waals surface area contributed by atoms with Crippen LogP contribution < -0.4 is 5.32 Å². The lowest BCUT2D eigenvalue weighted by Crippen LogP contribution is -1.98. The van der Waals surface area contributed by atoms with Crippen LogP contribution in [-0.2, 0) is 0 Å². The van der Waals surface area contributed by atoms with E-state index in [2.05, 4.69) is 24.4 Å². The maximum absolute atomic E-state index is 10.8. The molecular formula is C15H16N2O2. The van der Waals surface area contributed by atoms with Gasteiger partial charge in [0.1, 0.15) is 0 Å². The van der Waals surface area contributed by atoms with E-state index in [0.717, 1.165) is 22.5 Å². The van der Waals surface area contributed by atoms with E-state index in [-0.39, 0.29) is 10.6 Å². The zero-order valence-corrected chi connectivity index (χ0v) is 11.2. The van der Waals surface area contributed by atoms with Gasteiger partial charge in [0.25, 0.3) is 5.69 Å². The van der Waals surface area contributed by atoms with E-state index in [1.807, 2.05) is 19.9 Å². The molecule has 0 aliphatic carbocycles. The van der Waals surface area contributed by atoms with Gasteiger partial charge in [-0.2, -0.15) is 0 Å². The van der Waals surface area contributed by atoms with Gasteiger partial charge in [0.2, 0.25) is 0 Å². The van der Waals surface area contributed by atoms with Crippen LogP contribution in [0.15, 0.2) is 36.4 Å². The van der Waals surface area contributed by atoms with Crippen molar-refractivity contribution in [2.45, 2.75) is 20.8 Å². The Morgan fingerprint density at radius 1 is 1.05 bits per heavy atom. The molecule has 0 unspecified atom stereocenters. The predicted octanol–water partition coefficient (Wildman–Crippen LogP) is 4.26. The van der Waals surface area contributed by atoms with Crippen LogP contribution in [0.25, 0.3) is 0 Å². The highest BCUT2D eigenvalue weighted by Crippen LogP contribution is 2.27. The maximum atomic E-state index is 10.8. The van der Waals surface area contributed by atoms with Crippen LogP contribution in [0.1, 0.15) is 16.7 Å². The minimum atomic E-state index is -0.389. The highest BCUT2D eigenvalue weighted by atomic mass is 16.6. The number of anilines is 2. The van der Waals surface area contributed by atoms with Crippen molar-refractivity contribution in [1.29, 1.82) is 0 Å². The molecule has 4 nitrogen and oxygen atoms in total. The Kier molecular flexibility index (Phi) is 3.51. The fourth-order valence-electron chi connectivity index (χ4n) is 2.22. The number of nitrogens with zero attached hydrogens (tertiary/aromatic N) is 1. The Hall–Kier alpha value is -2.36. The summed E-state index contributed by atoms with van der Waals surface area (Å²) in [7, 11) is 0. The quantitative estimate of drug-likeness (QED) is 0.659. The number of rotatable bonds is 3. The van der Waals surface area contributed by atoms with Crippen LogP contribution >= 0.6 is 0 Å². The van der Waals surface area contributed by atoms with Crippen molar-refractivity contribution >= 4 is 17.1 Å². The third kappa shape index (κ3) is 2.91. The van der Waals surface area contributed by atoms with E-state index in [9.17, 15) is 10.1 Å². The van der Waals surface area contributed by atoms with Crippen LogP contribution in [0, 0.1) is 30.9 Å². The standard InChI is InChI=1S/C15H16N2O2/c1-10-7-11(2)15(12(3)8-10)16-13-5-4-6-14(9-13)17(18)19/h4-9,16H,1-3H3. The first-order valence-corrected chi connectivity index (χ1v) is 6.06. The normalized spacial score (nSPS) is 10.3. The van der Waals surface area contributed by atoms with E-state index in [0.29, 0.717) is 0 Å². The SMILES string of the molecule is Cc1cc(C)c(Nc2cccc([N+](=O)[O-])c2)c(C)c1. The third-order valence-electron chi connectivity index (χ3n) is 3.00. The molecule has 2 aromatic carbocycles. The minimum absolute atomic E-state index is 0.0902. The lowest BCUT2D eigenvalue weighted by Gasteiger charge is -2.13. The average molecular weight is 256 g/mol. The number of hydrogen-bond acceptors (Lipinski definition) is 3. The van der Waals surface area contributed by atoms with Crippen LogP contribution in [0.3, 0.4) is 0 Å². The van der Waals surface area contributed by atoms with Crippen LogP contribution in [-0.4, -0.2) is 4.92 Å². The van der Waals surface area contributed by atoms with Crippen LogP contribution in [0.2, 0.25) is 0 Å². The van der Waals surface area contributed by atoms with E-state index < -0.39 is 0 Å². The summed E-state index contributed by atoms with van der Waals surface area (Å²) in [5.41, 5.74) is 5.29. The minimum Gasteiger partial charge on any atom is -0.355 e. The average Bonchev–Trinajstić information content (AvgIpc) is 2.34. The smallest absolute Gasteiger partial charge is 0.271 e. The predicted molar refractivity (Wildman–Crippen MR) is 77.0 cm³/mol. The van der Waals surface area contributed by atoms with E-state index in [1.54, 1.807) is 12.1 Å². The van der Waals surface area contributed by atoms with Crippen molar-refractivity contribution in [2.75, 3.05) is 5.32 Å². The monoisotopic (exact) mass is 256 g/mol. The molecule has 19 heavy (non-hydrogen) atoms. The van der Waals surface area contributed by atoms with Crippen molar-refractivity contribution in [3.05, 3.63) is 63.2 Å². The maximum Gasteiger partial charge on any atom is 0.271 e. The van der Waals surface area contributed by atoms with Gasteiger partial charge in [0.05, 0.1) is 4.92 Å². The molecule has 0 heterocycles. The molecule has 0 fully saturated rings. The van der Waals surface area contributed by atoms with Gasteiger partial charge < -0.3 is 5.32 Å². The summed E-state index contributed by atoms with van der Waals surface area (Å²) in [5.74, 6) is 0. The molecule has 0 bridgehead atoms. The van der Waals surface area contributed by atoms with Crippen molar-refractivity contribution in [3.8, 4) is 0 Å². The topological polar surface area (TPSA) is 55.2 Å². The highest BCUT2D eigenvalue weighted by Gasteiger charge is 2.08. The summed E-state index contributed by atoms with van der Waals surface area (Å²) in [6.45, 7) is 6.11. The number of aryl methyl sites for hydroxylation is 3. The Bertz CT molecular complexity index is 613. The van der Waals surface area contributed by atoms with Gasteiger partial charge in [-0.3, -0.25) is 10.1 Å². The lowest BCUT2D eigenvalue weighted by molar-refractivity contribution is -0.384. The summed E-state index contributed by atoms with van der Waals surface area (Å²) < 4.78 is 0. The Balaban J connectivity index is 2.36. The second-order valence-electron chi connectivity index (χ2n) is 4.71. The highest BCUT2D eigenvalue weighted by molar-refractivity contribution is 5.68. The molecule has 0 aromatic heterocycles. The first-order valence-electron chi connectivity index (χ1n) is 6.06. The zero-order valence-electron chi connectivity index (χ0n) is 11.2. The van der Waals surface area contributed by atoms with Crippen molar-refractivity contribution in [2.24, 2.45) is 0 Å². The van der Waals surface area contributed by atoms with Crippen LogP contribution in [0.4, 0.5) is 17.1 Å². The number of non-ortho nitro benzene ring substituents is 1. The molecule has 0 aliphatic rings. The Morgan fingerprint density at radius 3 is 2.26 bits per heavy atom. The number of nitro benzene ring substituents is 1. The fourth-order valence-corrected chi connectivity index (χ4v) is 2.22. The summed E-state index contributed by atoms with van der Waals surface area (Å²) in [6, 6.07) is 10.7. The van der Waals surface area contributed by atoms with Crippen LogP contribution in [0.5, 0.6) is 0 Å². The van der Waals surface area contributed by atoms with E-state index in [4.69, 9.17) is 0 Å². The van der Waals surface area contributed by atoms with Gasteiger partial charge in [-0.1, -0.05) is 23.8 Å². The molecule has 0 saturated carbocycles. The Morgan fingerprint density at radius 2 is 1.68 bits per heavy atom. The molecule has 0 aliphatic heterocycles. The molecule has 4 heteroatoms. The molecule has 98 valence electrons. The number of benzene rings is 2. The first kappa shape index (κ1) is 13.1. The molecule has 1 N–H and O–H groups in total. The number of hydrogen-bond donors (Lipinski definition) is 1. The summed E-state index contributed by atoms with van der Waals surface area (Å²) >= 11 is 0. The molecular weight excluding hydrogens is 240 g/mol. The molecule has 2 rings (SSSR count). The fraction of sp³-hybridized carbons (Fsp3) is 0.200. The molecule has 0 amide bonds. The van der Waals surface area contributed by atoms with Crippen molar-refractivity contribution in [3.63, 3.8) is 0 Å².